The first kappa shape index (κ1) is 14.3. The number of nitrogens with zero attached hydrogens (tertiary/aromatic N) is 3. The average Bonchev–Trinajstić information content (AvgIpc) is 2.37. The average molecular weight is 262 g/mol. The van der Waals surface area contributed by atoms with E-state index in [0.29, 0.717) is 0 Å². The Morgan fingerprint density at radius 1 is 1.21 bits per heavy atom. The Morgan fingerprint density at radius 2 is 1.89 bits per heavy atom. The van der Waals surface area contributed by atoms with Crippen LogP contribution in [0.15, 0.2) is 18.3 Å². The van der Waals surface area contributed by atoms with Crippen molar-refractivity contribution in [1.29, 1.82) is 0 Å². The van der Waals surface area contributed by atoms with Gasteiger partial charge in [0, 0.05) is 50.1 Å². The van der Waals surface area contributed by atoms with Crippen LogP contribution < -0.4 is 10.2 Å². The zero-order valence-electron chi connectivity index (χ0n) is 12.6. The van der Waals surface area contributed by atoms with E-state index in [1.54, 1.807) is 0 Å². The van der Waals surface area contributed by atoms with Gasteiger partial charge in [0.15, 0.2) is 0 Å². The van der Waals surface area contributed by atoms with Crippen molar-refractivity contribution >= 4 is 5.69 Å². The highest BCUT2D eigenvalue weighted by atomic mass is 15.2. The van der Waals surface area contributed by atoms with Crippen LogP contribution in [0, 0.1) is 0 Å². The Morgan fingerprint density at radius 3 is 2.53 bits per heavy atom. The molecule has 4 nitrogen and oxygen atoms in total. The van der Waals surface area contributed by atoms with Gasteiger partial charge in [-0.25, -0.2) is 0 Å². The molecule has 1 N–H and O–H groups in total. The fourth-order valence-electron chi connectivity index (χ4n) is 2.18. The molecule has 1 saturated heterocycles. The third-order valence-electron chi connectivity index (χ3n) is 3.47. The fourth-order valence-corrected chi connectivity index (χ4v) is 2.18. The molecule has 1 aromatic rings. The zero-order valence-corrected chi connectivity index (χ0v) is 12.6. The maximum absolute atomic E-state index is 4.45. The lowest BCUT2D eigenvalue weighted by Crippen LogP contribution is -2.44. The highest BCUT2D eigenvalue weighted by Crippen LogP contribution is 2.16. The van der Waals surface area contributed by atoms with E-state index in [9.17, 15) is 0 Å². The Hall–Kier alpha value is -1.13. The Labute approximate surface area is 116 Å². The first-order valence-corrected chi connectivity index (χ1v) is 7.07. The van der Waals surface area contributed by atoms with Crippen LogP contribution in [0.3, 0.4) is 0 Å². The van der Waals surface area contributed by atoms with Gasteiger partial charge in [-0.3, -0.25) is 4.98 Å². The summed E-state index contributed by atoms with van der Waals surface area (Å²) in [6.07, 6.45) is 1.92. The SMILES string of the molecule is CN1CCN(c2ccnc(CNC(C)(C)C)c2)CC1. The van der Waals surface area contributed by atoms with Crippen molar-refractivity contribution in [1.82, 2.24) is 15.2 Å². The van der Waals surface area contributed by atoms with Gasteiger partial charge in [0.05, 0.1) is 5.69 Å². The molecule has 0 spiro atoms. The van der Waals surface area contributed by atoms with Crippen molar-refractivity contribution in [2.75, 3.05) is 38.1 Å². The molecule has 0 bridgehead atoms. The number of rotatable bonds is 3. The first-order valence-electron chi connectivity index (χ1n) is 7.07. The van der Waals surface area contributed by atoms with E-state index in [4.69, 9.17) is 0 Å². The second kappa shape index (κ2) is 5.88. The molecule has 0 aromatic carbocycles. The van der Waals surface area contributed by atoms with Gasteiger partial charge in [-0.2, -0.15) is 0 Å². The minimum atomic E-state index is 0.130. The van der Waals surface area contributed by atoms with Gasteiger partial charge in [0.2, 0.25) is 0 Å². The van der Waals surface area contributed by atoms with Crippen molar-refractivity contribution in [3.8, 4) is 0 Å². The van der Waals surface area contributed by atoms with E-state index in [-0.39, 0.29) is 5.54 Å². The first-order chi connectivity index (χ1) is 8.94. The van der Waals surface area contributed by atoms with Gasteiger partial charge >= 0.3 is 0 Å². The van der Waals surface area contributed by atoms with Gasteiger partial charge in [-0.15, -0.1) is 0 Å². The Balaban J connectivity index is 1.99. The minimum absolute atomic E-state index is 0.130. The number of likely N-dealkylation sites (N-methyl/N-ethyl adjacent to an activating group) is 1. The summed E-state index contributed by atoms with van der Waals surface area (Å²) >= 11 is 0. The van der Waals surface area contributed by atoms with Crippen LogP contribution >= 0.6 is 0 Å². The lowest BCUT2D eigenvalue weighted by Gasteiger charge is -2.34. The summed E-state index contributed by atoms with van der Waals surface area (Å²) in [6.45, 7) is 11.8. The standard InChI is InChI=1S/C15H26N4/c1-15(2,3)17-12-13-11-14(5-6-16-13)19-9-7-18(4)8-10-19/h5-6,11,17H,7-10,12H2,1-4H3. The normalized spacial score (nSPS) is 17.8. The van der Waals surface area contributed by atoms with Gasteiger partial charge in [-0.1, -0.05) is 0 Å². The van der Waals surface area contributed by atoms with Crippen LogP contribution in [0.4, 0.5) is 5.69 Å². The summed E-state index contributed by atoms with van der Waals surface area (Å²) in [5.74, 6) is 0. The van der Waals surface area contributed by atoms with E-state index in [1.165, 1.54) is 5.69 Å². The Kier molecular flexibility index (Phi) is 4.42. The maximum Gasteiger partial charge on any atom is 0.0562 e. The van der Waals surface area contributed by atoms with Crippen molar-refractivity contribution < 1.29 is 0 Å². The smallest absolute Gasteiger partial charge is 0.0562 e. The number of piperazine rings is 1. The zero-order chi connectivity index (χ0) is 13.9. The molecule has 106 valence electrons. The summed E-state index contributed by atoms with van der Waals surface area (Å²) in [5.41, 5.74) is 2.55. The fraction of sp³-hybridized carbons (Fsp3) is 0.667. The minimum Gasteiger partial charge on any atom is -0.369 e. The molecule has 19 heavy (non-hydrogen) atoms. The third-order valence-corrected chi connectivity index (χ3v) is 3.47. The predicted octanol–water partition coefficient (Wildman–Crippen LogP) is 1.72. The second-order valence-electron chi connectivity index (χ2n) is 6.40. The topological polar surface area (TPSA) is 31.4 Å². The summed E-state index contributed by atoms with van der Waals surface area (Å²) in [4.78, 5) is 9.27. The lowest BCUT2D eigenvalue weighted by molar-refractivity contribution is 0.313. The number of anilines is 1. The third kappa shape index (κ3) is 4.48. The van der Waals surface area contributed by atoms with Crippen molar-refractivity contribution in [2.24, 2.45) is 0 Å². The molecule has 0 aliphatic carbocycles. The molecule has 2 heterocycles. The van der Waals surface area contributed by atoms with Crippen LogP contribution in [0.1, 0.15) is 26.5 Å². The number of aromatic nitrogens is 1. The summed E-state index contributed by atoms with van der Waals surface area (Å²) in [5, 5.41) is 3.49. The molecule has 1 fully saturated rings. The number of hydrogen-bond acceptors (Lipinski definition) is 4. The van der Waals surface area contributed by atoms with Crippen molar-refractivity contribution in [3.05, 3.63) is 24.0 Å². The molecule has 0 unspecified atom stereocenters. The predicted molar refractivity (Wildman–Crippen MR) is 80.5 cm³/mol. The number of hydrogen-bond donors (Lipinski definition) is 1. The van der Waals surface area contributed by atoms with E-state index in [1.807, 2.05) is 6.20 Å². The van der Waals surface area contributed by atoms with E-state index < -0.39 is 0 Å². The number of pyridine rings is 1. The molecule has 0 radical (unpaired) electrons. The van der Waals surface area contributed by atoms with Crippen LogP contribution in [-0.2, 0) is 6.54 Å². The summed E-state index contributed by atoms with van der Waals surface area (Å²) < 4.78 is 0. The molecule has 0 saturated carbocycles. The highest BCUT2D eigenvalue weighted by molar-refractivity contribution is 5.47. The molecular formula is C15H26N4. The van der Waals surface area contributed by atoms with Gasteiger partial charge in [0.25, 0.3) is 0 Å². The van der Waals surface area contributed by atoms with Gasteiger partial charge in [0.1, 0.15) is 0 Å². The molecule has 0 atom stereocenters. The van der Waals surface area contributed by atoms with Crippen LogP contribution in [0.25, 0.3) is 0 Å². The van der Waals surface area contributed by atoms with Gasteiger partial charge < -0.3 is 15.1 Å². The summed E-state index contributed by atoms with van der Waals surface area (Å²) in [6, 6.07) is 4.33. The molecule has 4 heteroatoms. The molecule has 1 aromatic heterocycles. The Bertz CT molecular complexity index is 403. The van der Waals surface area contributed by atoms with Crippen LogP contribution in [0.2, 0.25) is 0 Å². The molecule has 2 rings (SSSR count). The molecule has 1 aliphatic heterocycles. The summed E-state index contributed by atoms with van der Waals surface area (Å²) in [7, 11) is 2.18. The highest BCUT2D eigenvalue weighted by Gasteiger charge is 2.15. The van der Waals surface area contributed by atoms with Crippen LogP contribution in [-0.4, -0.2) is 48.6 Å². The maximum atomic E-state index is 4.45. The molecule has 0 amide bonds. The largest absolute Gasteiger partial charge is 0.369 e. The monoisotopic (exact) mass is 262 g/mol. The van der Waals surface area contributed by atoms with Crippen molar-refractivity contribution in [2.45, 2.75) is 32.9 Å². The quantitative estimate of drug-likeness (QED) is 0.899. The number of nitrogens with one attached hydrogen (secondary N) is 1. The van der Waals surface area contributed by atoms with Crippen molar-refractivity contribution in [3.63, 3.8) is 0 Å². The van der Waals surface area contributed by atoms with E-state index in [0.717, 1.165) is 38.4 Å². The second-order valence-corrected chi connectivity index (χ2v) is 6.40. The van der Waals surface area contributed by atoms with Crippen LogP contribution in [0.5, 0.6) is 0 Å². The molecular weight excluding hydrogens is 236 g/mol. The molecule has 1 aliphatic rings. The van der Waals surface area contributed by atoms with Gasteiger partial charge in [-0.05, 0) is 40.0 Å². The van der Waals surface area contributed by atoms with E-state index in [2.05, 4.69) is 60.1 Å². The van der Waals surface area contributed by atoms with E-state index >= 15 is 0 Å². The lowest BCUT2D eigenvalue weighted by atomic mass is 10.1.